The second kappa shape index (κ2) is 8.73. The molecular formula is C17H21NO5. The van der Waals surface area contributed by atoms with Crippen molar-refractivity contribution < 1.29 is 24.2 Å². The molecule has 124 valence electrons. The number of nitrogens with one attached hydrogen (secondary N) is 1. The van der Waals surface area contributed by atoms with Gasteiger partial charge in [-0.05, 0) is 39.3 Å². The van der Waals surface area contributed by atoms with Gasteiger partial charge in [-0.2, -0.15) is 0 Å². The van der Waals surface area contributed by atoms with Crippen LogP contribution < -0.4 is 5.32 Å². The molecule has 0 aromatic heterocycles. The molecular weight excluding hydrogens is 298 g/mol. The van der Waals surface area contributed by atoms with E-state index in [-0.39, 0.29) is 13.0 Å². The van der Waals surface area contributed by atoms with Gasteiger partial charge in [0.05, 0.1) is 6.61 Å². The molecule has 0 unspecified atom stereocenters. The number of aliphatic carboxylic acids is 1. The highest BCUT2D eigenvalue weighted by Crippen LogP contribution is 2.09. The fraction of sp³-hybridized carbons (Fsp3) is 0.353. The van der Waals surface area contributed by atoms with Crippen molar-refractivity contribution >= 4 is 17.8 Å². The molecule has 0 heterocycles. The number of amides is 1. The lowest BCUT2D eigenvalue weighted by atomic mass is 10.1. The summed E-state index contributed by atoms with van der Waals surface area (Å²) in [4.78, 5) is 34.6. The molecule has 1 aromatic carbocycles. The maximum absolute atomic E-state index is 12.2. The van der Waals surface area contributed by atoms with Crippen LogP contribution in [0.4, 0.5) is 0 Å². The SMILES string of the molecule is CCOC(=O)/C=C/C[C@H](NC(=O)c1cc(C)cc(C)c1)C(=O)O. The molecule has 1 atom stereocenters. The molecule has 1 amide bonds. The van der Waals surface area contributed by atoms with Crippen molar-refractivity contribution in [1.29, 1.82) is 0 Å². The van der Waals surface area contributed by atoms with Crippen molar-refractivity contribution in [3.63, 3.8) is 0 Å². The standard InChI is InChI=1S/C17H21NO5/c1-4-23-15(19)7-5-6-14(17(21)22)18-16(20)13-9-11(2)8-12(3)10-13/h5,7-10,14H,4,6H2,1-3H3,(H,18,20)(H,21,22)/b7-5+/t14-/m0/s1. The van der Waals surface area contributed by atoms with Gasteiger partial charge < -0.3 is 15.2 Å². The van der Waals surface area contributed by atoms with Gasteiger partial charge in [0, 0.05) is 11.6 Å². The molecule has 0 aliphatic carbocycles. The summed E-state index contributed by atoms with van der Waals surface area (Å²) in [5.41, 5.74) is 2.25. The number of carboxylic acids is 1. The first-order valence-electron chi connectivity index (χ1n) is 7.28. The molecule has 0 saturated carbocycles. The van der Waals surface area contributed by atoms with E-state index in [1.807, 2.05) is 19.9 Å². The third-order valence-electron chi connectivity index (χ3n) is 3.00. The average Bonchev–Trinajstić information content (AvgIpc) is 2.45. The van der Waals surface area contributed by atoms with Crippen molar-refractivity contribution in [2.75, 3.05) is 6.61 Å². The second-order valence-electron chi connectivity index (χ2n) is 5.13. The van der Waals surface area contributed by atoms with E-state index < -0.39 is 23.9 Å². The molecule has 23 heavy (non-hydrogen) atoms. The number of hydrogen-bond donors (Lipinski definition) is 2. The second-order valence-corrected chi connectivity index (χ2v) is 5.13. The van der Waals surface area contributed by atoms with E-state index in [9.17, 15) is 19.5 Å². The van der Waals surface area contributed by atoms with Gasteiger partial charge >= 0.3 is 11.9 Å². The maximum atomic E-state index is 12.2. The third-order valence-corrected chi connectivity index (χ3v) is 3.00. The van der Waals surface area contributed by atoms with Gasteiger partial charge in [-0.1, -0.05) is 23.3 Å². The monoisotopic (exact) mass is 319 g/mol. The van der Waals surface area contributed by atoms with Crippen LogP contribution in [0.25, 0.3) is 0 Å². The molecule has 0 aliphatic rings. The number of esters is 1. The first kappa shape index (κ1) is 18.4. The summed E-state index contributed by atoms with van der Waals surface area (Å²) in [6, 6.07) is 4.19. The van der Waals surface area contributed by atoms with Crippen LogP contribution in [0.1, 0.15) is 34.8 Å². The van der Waals surface area contributed by atoms with Crippen molar-refractivity contribution in [3.05, 3.63) is 47.0 Å². The lowest BCUT2D eigenvalue weighted by Crippen LogP contribution is -2.40. The smallest absolute Gasteiger partial charge is 0.330 e. The summed E-state index contributed by atoms with van der Waals surface area (Å²) in [6.45, 7) is 5.64. The number of rotatable bonds is 7. The molecule has 0 aliphatic heterocycles. The average molecular weight is 319 g/mol. The van der Waals surface area contributed by atoms with Crippen molar-refractivity contribution in [2.24, 2.45) is 0 Å². The van der Waals surface area contributed by atoms with Gasteiger partial charge in [-0.25, -0.2) is 9.59 Å². The van der Waals surface area contributed by atoms with Crippen LogP contribution in [0.3, 0.4) is 0 Å². The number of aryl methyl sites for hydroxylation is 2. The first-order chi connectivity index (χ1) is 10.8. The van der Waals surface area contributed by atoms with E-state index >= 15 is 0 Å². The Morgan fingerprint density at radius 2 is 1.83 bits per heavy atom. The summed E-state index contributed by atoms with van der Waals surface area (Å²) in [7, 11) is 0. The Labute approximate surface area is 135 Å². The van der Waals surface area contributed by atoms with Crippen LogP contribution in [0.2, 0.25) is 0 Å². The minimum atomic E-state index is -1.17. The van der Waals surface area contributed by atoms with Crippen LogP contribution in [0.5, 0.6) is 0 Å². The summed E-state index contributed by atoms with van der Waals surface area (Å²) >= 11 is 0. The third kappa shape index (κ3) is 6.34. The summed E-state index contributed by atoms with van der Waals surface area (Å²) < 4.78 is 4.70. The zero-order valence-corrected chi connectivity index (χ0v) is 13.5. The highest BCUT2D eigenvalue weighted by molar-refractivity contribution is 5.97. The van der Waals surface area contributed by atoms with Crippen molar-refractivity contribution in [3.8, 4) is 0 Å². The highest BCUT2D eigenvalue weighted by atomic mass is 16.5. The Hall–Kier alpha value is -2.63. The van der Waals surface area contributed by atoms with E-state index in [0.717, 1.165) is 17.2 Å². The molecule has 2 N–H and O–H groups in total. The molecule has 0 bridgehead atoms. The quantitative estimate of drug-likeness (QED) is 0.592. The summed E-state index contributed by atoms with van der Waals surface area (Å²) in [5.74, 6) is -2.18. The minimum absolute atomic E-state index is 0.00924. The van der Waals surface area contributed by atoms with Crippen molar-refractivity contribution in [1.82, 2.24) is 5.32 Å². The Balaban J connectivity index is 2.73. The van der Waals surface area contributed by atoms with Gasteiger partial charge in [0.25, 0.3) is 5.91 Å². The van der Waals surface area contributed by atoms with Gasteiger partial charge in [-0.3, -0.25) is 4.79 Å². The highest BCUT2D eigenvalue weighted by Gasteiger charge is 2.19. The Bertz CT molecular complexity index is 601. The fourth-order valence-corrected chi connectivity index (χ4v) is 2.06. The molecule has 0 saturated heterocycles. The Morgan fingerprint density at radius 1 is 1.22 bits per heavy atom. The fourth-order valence-electron chi connectivity index (χ4n) is 2.06. The van der Waals surface area contributed by atoms with E-state index in [1.165, 1.54) is 6.08 Å². The number of carbonyl (C=O) groups is 3. The molecule has 0 fully saturated rings. The van der Waals surface area contributed by atoms with Gasteiger partial charge in [-0.15, -0.1) is 0 Å². The largest absolute Gasteiger partial charge is 0.480 e. The molecule has 1 aromatic rings. The number of ether oxygens (including phenoxy) is 1. The van der Waals surface area contributed by atoms with Crippen molar-refractivity contribution in [2.45, 2.75) is 33.2 Å². The zero-order chi connectivity index (χ0) is 17.4. The molecule has 6 heteroatoms. The van der Waals surface area contributed by atoms with E-state index in [1.54, 1.807) is 19.1 Å². The Morgan fingerprint density at radius 3 is 2.35 bits per heavy atom. The van der Waals surface area contributed by atoms with Gasteiger partial charge in [0.15, 0.2) is 0 Å². The van der Waals surface area contributed by atoms with Crippen LogP contribution in [0.15, 0.2) is 30.4 Å². The maximum Gasteiger partial charge on any atom is 0.330 e. The molecule has 0 spiro atoms. The molecule has 6 nitrogen and oxygen atoms in total. The number of benzene rings is 1. The number of carboxylic acid groups (broad SMARTS) is 1. The zero-order valence-electron chi connectivity index (χ0n) is 13.5. The van der Waals surface area contributed by atoms with Crippen LogP contribution in [-0.4, -0.2) is 35.6 Å². The van der Waals surface area contributed by atoms with Crippen LogP contribution in [-0.2, 0) is 14.3 Å². The van der Waals surface area contributed by atoms with Gasteiger partial charge in [0.2, 0.25) is 0 Å². The summed E-state index contributed by atoms with van der Waals surface area (Å²) in [6.07, 6.45) is 2.52. The van der Waals surface area contributed by atoms with Crippen LogP contribution >= 0.6 is 0 Å². The molecule has 0 radical (unpaired) electrons. The van der Waals surface area contributed by atoms with E-state index in [0.29, 0.717) is 5.56 Å². The number of carbonyl (C=O) groups excluding carboxylic acids is 2. The Kier molecular flexibility index (Phi) is 6.99. The van der Waals surface area contributed by atoms with E-state index in [2.05, 4.69) is 5.32 Å². The predicted molar refractivity (Wildman–Crippen MR) is 85.2 cm³/mol. The lowest BCUT2D eigenvalue weighted by Gasteiger charge is -2.13. The first-order valence-corrected chi connectivity index (χ1v) is 7.28. The predicted octanol–water partition coefficient (Wildman–Crippen LogP) is 2.00. The topological polar surface area (TPSA) is 92.7 Å². The normalized spacial score (nSPS) is 12.0. The molecule has 1 rings (SSSR count). The van der Waals surface area contributed by atoms with Crippen LogP contribution in [0, 0.1) is 13.8 Å². The lowest BCUT2D eigenvalue weighted by molar-refractivity contribution is -0.139. The van der Waals surface area contributed by atoms with E-state index in [4.69, 9.17) is 4.74 Å². The summed E-state index contributed by atoms with van der Waals surface area (Å²) in [5, 5.41) is 11.6. The number of hydrogen-bond acceptors (Lipinski definition) is 4. The van der Waals surface area contributed by atoms with Gasteiger partial charge in [0.1, 0.15) is 6.04 Å². The minimum Gasteiger partial charge on any atom is -0.480 e.